The zero-order chi connectivity index (χ0) is 16.4. The summed E-state index contributed by atoms with van der Waals surface area (Å²) in [5.41, 5.74) is 1.88. The molecule has 8 heteroatoms. The van der Waals surface area contributed by atoms with Crippen LogP contribution in [0.5, 0.6) is 0 Å². The number of rotatable bonds is 2. The minimum Gasteiger partial charge on any atom is -0.337 e. The second-order valence-electron chi connectivity index (χ2n) is 5.25. The number of fused-ring (bicyclic) bond motifs is 2. The van der Waals surface area contributed by atoms with Crippen molar-refractivity contribution in [3.63, 3.8) is 0 Å². The molecular weight excluding hydrogens is 312 g/mol. The number of nitrogens with one attached hydrogen (secondary N) is 3. The third-order valence-electron chi connectivity index (χ3n) is 3.21. The lowest BCUT2D eigenvalue weighted by molar-refractivity contribution is 0.222. The quantitative estimate of drug-likeness (QED) is 0.496. The molecule has 3 N–H and O–H groups in total. The van der Waals surface area contributed by atoms with Gasteiger partial charge in [-0.25, -0.2) is 14.8 Å². The third kappa shape index (κ3) is 3.42. The van der Waals surface area contributed by atoms with Crippen LogP contribution >= 0.6 is 11.8 Å². The standard InChI is InChI=1S/C15H16N6OS/c1-21(2)15(22)20-12(16)8-9-3-4-11-10(7-9)19-13-14(23-11)18-6-5-17-13/h3-7H,8H2,1-2H3,(H,17,19)(H2,16,20,22). The zero-order valence-electron chi connectivity index (χ0n) is 12.8. The van der Waals surface area contributed by atoms with Crippen molar-refractivity contribution in [2.24, 2.45) is 0 Å². The monoisotopic (exact) mass is 328 g/mol. The van der Waals surface area contributed by atoms with E-state index in [1.165, 1.54) is 4.90 Å². The first kappa shape index (κ1) is 15.3. The van der Waals surface area contributed by atoms with Crippen LogP contribution in [0.4, 0.5) is 16.3 Å². The Labute approximate surface area is 138 Å². The highest BCUT2D eigenvalue weighted by Crippen LogP contribution is 2.41. The summed E-state index contributed by atoms with van der Waals surface area (Å²) >= 11 is 1.56. The average molecular weight is 328 g/mol. The number of aromatic nitrogens is 2. The molecule has 0 bridgehead atoms. The normalized spacial score (nSPS) is 11.7. The van der Waals surface area contributed by atoms with Crippen LogP contribution in [0.25, 0.3) is 0 Å². The SMILES string of the molecule is CN(C)C(=O)NC(=N)Cc1ccc2c(c1)Nc1nccnc1S2. The predicted octanol–water partition coefficient (Wildman–Crippen LogP) is 2.48. The third-order valence-corrected chi connectivity index (χ3v) is 4.28. The topological polar surface area (TPSA) is 94.0 Å². The Morgan fingerprint density at radius 2 is 2.13 bits per heavy atom. The Morgan fingerprint density at radius 1 is 1.35 bits per heavy atom. The highest BCUT2D eigenvalue weighted by Gasteiger charge is 2.18. The molecule has 0 spiro atoms. The van der Waals surface area contributed by atoms with E-state index < -0.39 is 0 Å². The number of hydrogen-bond donors (Lipinski definition) is 3. The Morgan fingerprint density at radius 3 is 2.91 bits per heavy atom. The number of amides is 2. The fraction of sp³-hybridized carbons (Fsp3) is 0.200. The number of carbonyl (C=O) groups is 1. The highest BCUT2D eigenvalue weighted by atomic mass is 32.2. The van der Waals surface area contributed by atoms with Gasteiger partial charge in [0.1, 0.15) is 10.9 Å². The number of hydrogen-bond acceptors (Lipinski definition) is 6. The summed E-state index contributed by atoms with van der Waals surface area (Å²) in [5, 5.41) is 14.5. The van der Waals surface area contributed by atoms with E-state index in [0.29, 0.717) is 6.42 Å². The van der Waals surface area contributed by atoms with Gasteiger partial charge in [-0.15, -0.1) is 0 Å². The van der Waals surface area contributed by atoms with E-state index in [0.717, 1.165) is 27.0 Å². The first-order valence-electron chi connectivity index (χ1n) is 6.97. The largest absolute Gasteiger partial charge is 0.337 e. The molecule has 23 heavy (non-hydrogen) atoms. The van der Waals surface area contributed by atoms with Crippen molar-refractivity contribution in [3.8, 4) is 0 Å². The molecule has 1 aromatic carbocycles. The number of nitrogens with zero attached hydrogens (tertiary/aromatic N) is 3. The van der Waals surface area contributed by atoms with E-state index in [9.17, 15) is 4.79 Å². The van der Waals surface area contributed by atoms with Crippen molar-refractivity contribution in [1.29, 1.82) is 5.41 Å². The van der Waals surface area contributed by atoms with Crippen molar-refractivity contribution in [2.75, 3.05) is 19.4 Å². The van der Waals surface area contributed by atoms with Crippen molar-refractivity contribution in [1.82, 2.24) is 20.2 Å². The maximum absolute atomic E-state index is 11.6. The molecule has 1 aliphatic heterocycles. The van der Waals surface area contributed by atoms with Crippen LogP contribution in [-0.4, -0.2) is 40.8 Å². The summed E-state index contributed by atoms with van der Waals surface area (Å²) in [6.45, 7) is 0. The molecule has 1 aromatic heterocycles. The fourth-order valence-electron chi connectivity index (χ4n) is 2.08. The molecule has 2 heterocycles. The van der Waals surface area contributed by atoms with Gasteiger partial charge in [0.25, 0.3) is 0 Å². The molecule has 0 fully saturated rings. The molecule has 7 nitrogen and oxygen atoms in total. The van der Waals surface area contributed by atoms with Gasteiger partial charge in [0, 0.05) is 37.8 Å². The molecule has 2 aromatic rings. The van der Waals surface area contributed by atoms with Crippen molar-refractivity contribution >= 4 is 35.1 Å². The van der Waals surface area contributed by atoms with E-state index in [1.807, 2.05) is 18.2 Å². The number of anilines is 2. The molecule has 118 valence electrons. The summed E-state index contributed by atoms with van der Waals surface area (Å²) in [6.07, 6.45) is 3.67. The van der Waals surface area contributed by atoms with Gasteiger partial charge in [-0.1, -0.05) is 17.8 Å². The van der Waals surface area contributed by atoms with E-state index in [2.05, 4.69) is 20.6 Å². The Hall–Kier alpha value is -2.61. The van der Waals surface area contributed by atoms with Gasteiger partial charge in [-0.2, -0.15) is 0 Å². The number of carbonyl (C=O) groups excluding carboxylic acids is 1. The summed E-state index contributed by atoms with van der Waals surface area (Å²) in [6, 6.07) is 5.61. The zero-order valence-corrected chi connectivity index (χ0v) is 13.6. The van der Waals surface area contributed by atoms with E-state index in [-0.39, 0.29) is 11.9 Å². The second kappa shape index (κ2) is 6.25. The molecular formula is C15H16N6OS. The molecule has 0 radical (unpaired) electrons. The van der Waals surface area contributed by atoms with Crippen molar-refractivity contribution < 1.29 is 4.79 Å². The first-order chi connectivity index (χ1) is 11.0. The fourth-order valence-corrected chi connectivity index (χ4v) is 2.96. The predicted molar refractivity (Wildman–Crippen MR) is 89.5 cm³/mol. The van der Waals surface area contributed by atoms with E-state index in [4.69, 9.17) is 5.41 Å². The summed E-state index contributed by atoms with van der Waals surface area (Å²) in [5.74, 6) is 0.894. The van der Waals surface area contributed by atoms with Gasteiger partial charge in [0.15, 0.2) is 5.82 Å². The van der Waals surface area contributed by atoms with Gasteiger partial charge in [0.2, 0.25) is 0 Å². The van der Waals surface area contributed by atoms with Crippen molar-refractivity contribution in [3.05, 3.63) is 36.2 Å². The molecule has 0 saturated heterocycles. The van der Waals surface area contributed by atoms with E-state index >= 15 is 0 Å². The summed E-state index contributed by atoms with van der Waals surface area (Å²) in [4.78, 5) is 22.6. The minimum atomic E-state index is -0.300. The lowest BCUT2D eigenvalue weighted by atomic mass is 10.1. The second-order valence-corrected chi connectivity index (χ2v) is 6.28. The van der Waals surface area contributed by atoms with Crippen LogP contribution in [0.3, 0.4) is 0 Å². The van der Waals surface area contributed by atoms with Crippen LogP contribution in [0.2, 0.25) is 0 Å². The van der Waals surface area contributed by atoms with Crippen LogP contribution in [0.1, 0.15) is 5.56 Å². The molecule has 0 atom stereocenters. The lowest BCUT2D eigenvalue weighted by Crippen LogP contribution is -2.39. The first-order valence-corrected chi connectivity index (χ1v) is 7.79. The lowest BCUT2D eigenvalue weighted by Gasteiger charge is -2.19. The smallest absolute Gasteiger partial charge is 0.322 e. The summed E-state index contributed by atoms with van der Waals surface area (Å²) in [7, 11) is 3.28. The van der Waals surface area contributed by atoms with Crippen LogP contribution < -0.4 is 10.6 Å². The highest BCUT2D eigenvalue weighted by molar-refractivity contribution is 7.99. The Balaban J connectivity index is 1.73. The van der Waals surface area contributed by atoms with Crippen LogP contribution in [0.15, 0.2) is 40.5 Å². The molecule has 0 unspecified atom stereocenters. The van der Waals surface area contributed by atoms with Gasteiger partial charge in [0.05, 0.1) is 5.69 Å². The van der Waals surface area contributed by atoms with E-state index in [1.54, 1.807) is 38.3 Å². The molecule has 3 rings (SSSR count). The van der Waals surface area contributed by atoms with Crippen molar-refractivity contribution in [2.45, 2.75) is 16.3 Å². The molecule has 2 amide bonds. The molecule has 1 aliphatic rings. The number of benzene rings is 1. The van der Waals surface area contributed by atoms with Crippen LogP contribution in [0, 0.1) is 5.41 Å². The number of amidine groups is 1. The Kier molecular flexibility index (Phi) is 4.16. The van der Waals surface area contributed by atoms with Crippen LogP contribution in [-0.2, 0) is 6.42 Å². The molecule has 0 aliphatic carbocycles. The maximum atomic E-state index is 11.6. The van der Waals surface area contributed by atoms with Gasteiger partial charge in [-0.3, -0.25) is 10.7 Å². The van der Waals surface area contributed by atoms with Gasteiger partial charge >= 0.3 is 6.03 Å². The average Bonchev–Trinajstić information content (AvgIpc) is 2.52. The Bertz CT molecular complexity index is 776. The maximum Gasteiger partial charge on any atom is 0.322 e. The minimum absolute atomic E-state index is 0.160. The molecule has 0 saturated carbocycles. The summed E-state index contributed by atoms with van der Waals surface area (Å²) < 4.78 is 0. The van der Waals surface area contributed by atoms with Gasteiger partial charge in [-0.05, 0) is 17.7 Å². The van der Waals surface area contributed by atoms with Gasteiger partial charge < -0.3 is 10.2 Å². The number of urea groups is 1.